The number of rotatable bonds is 11. The fraction of sp³-hybridized carbons (Fsp3) is 0.471. The molecule has 0 aromatic rings. The summed E-state index contributed by atoms with van der Waals surface area (Å²) in [6, 6.07) is 0. The molecule has 0 aromatic carbocycles. The third-order valence-corrected chi connectivity index (χ3v) is 2.80. The number of carbonyl (C=O) groups is 1. The molecule has 0 fully saturated rings. The minimum atomic E-state index is 0.281. The monoisotopic (exact) mass is 246 g/mol. The number of hydrogen-bond acceptors (Lipinski definition) is 1. The minimum absolute atomic E-state index is 0.281. The Morgan fingerprint density at radius 2 is 1.78 bits per heavy atom. The van der Waals surface area contributed by atoms with Gasteiger partial charge in [0, 0.05) is 6.42 Å². The highest BCUT2D eigenvalue weighted by Crippen LogP contribution is 2.08. The highest BCUT2D eigenvalue weighted by molar-refractivity contribution is 5.94. The number of ketones is 1. The van der Waals surface area contributed by atoms with Crippen molar-refractivity contribution in [2.75, 3.05) is 0 Å². The number of allylic oxidation sites excluding steroid dienone is 6. The van der Waals surface area contributed by atoms with Crippen LogP contribution in [0.3, 0.4) is 0 Å². The normalized spacial score (nSPS) is 11.7. The zero-order valence-corrected chi connectivity index (χ0v) is 11.7. The molecule has 18 heavy (non-hydrogen) atoms. The largest absolute Gasteiger partial charge is 0.295 e. The molecule has 0 aliphatic heterocycles. The van der Waals surface area contributed by atoms with E-state index in [0.717, 1.165) is 37.7 Å². The van der Waals surface area contributed by atoms with Gasteiger partial charge in [0.2, 0.25) is 0 Å². The molecule has 0 N–H and O–H groups in total. The highest BCUT2D eigenvalue weighted by atomic mass is 16.1. The predicted molar refractivity (Wildman–Crippen MR) is 80.6 cm³/mol. The fourth-order valence-corrected chi connectivity index (χ4v) is 1.64. The van der Waals surface area contributed by atoms with Gasteiger partial charge in [-0.1, -0.05) is 37.0 Å². The second-order valence-corrected chi connectivity index (χ2v) is 4.44. The van der Waals surface area contributed by atoms with Crippen molar-refractivity contribution in [1.29, 1.82) is 0 Å². The van der Waals surface area contributed by atoms with Crippen LogP contribution in [0.15, 0.2) is 49.1 Å². The van der Waals surface area contributed by atoms with Crippen molar-refractivity contribution < 1.29 is 4.79 Å². The van der Waals surface area contributed by atoms with E-state index in [-0.39, 0.29) is 5.78 Å². The molecule has 0 saturated heterocycles. The van der Waals surface area contributed by atoms with Crippen LogP contribution in [0.25, 0.3) is 0 Å². The third-order valence-electron chi connectivity index (χ3n) is 2.80. The van der Waals surface area contributed by atoms with Crippen LogP contribution in [-0.2, 0) is 4.79 Å². The lowest BCUT2D eigenvalue weighted by molar-refractivity contribution is -0.115. The Balaban J connectivity index is 3.68. The molecule has 0 rings (SSSR count). The zero-order valence-electron chi connectivity index (χ0n) is 11.7. The van der Waals surface area contributed by atoms with Crippen LogP contribution in [0.2, 0.25) is 0 Å². The Morgan fingerprint density at radius 3 is 2.44 bits per heavy atom. The first-order valence-electron chi connectivity index (χ1n) is 6.80. The molecule has 0 spiro atoms. The number of Topliss-reactive ketones (excluding diaryl/α,β-unsaturated/α-hetero) is 1. The van der Waals surface area contributed by atoms with E-state index >= 15 is 0 Å². The standard InChI is InChI=1S/C17H26O/c1-4-6-8-9-10-11-13-14-16(3)17(18)15-12-7-5-2/h4-6,8,14H,1-2,7,9-13,15H2,3H3/b8-6+,16-14+. The van der Waals surface area contributed by atoms with Crippen LogP contribution in [0.4, 0.5) is 0 Å². The van der Waals surface area contributed by atoms with E-state index in [2.05, 4.69) is 25.3 Å². The van der Waals surface area contributed by atoms with Crippen molar-refractivity contribution >= 4 is 5.78 Å². The van der Waals surface area contributed by atoms with E-state index in [0.29, 0.717) is 6.42 Å². The van der Waals surface area contributed by atoms with Crippen LogP contribution in [-0.4, -0.2) is 5.78 Å². The Kier molecular flexibility index (Phi) is 11.2. The summed E-state index contributed by atoms with van der Waals surface area (Å²) in [6.07, 6.45) is 16.7. The van der Waals surface area contributed by atoms with Gasteiger partial charge >= 0.3 is 0 Å². The Bertz CT molecular complexity index is 308. The van der Waals surface area contributed by atoms with Gasteiger partial charge in [-0.05, 0) is 51.0 Å². The van der Waals surface area contributed by atoms with Crippen LogP contribution in [0.5, 0.6) is 0 Å². The Labute approximate surface area is 112 Å². The molecule has 0 saturated carbocycles. The van der Waals surface area contributed by atoms with Gasteiger partial charge in [-0.15, -0.1) is 6.58 Å². The van der Waals surface area contributed by atoms with Crippen molar-refractivity contribution in [2.45, 2.75) is 51.9 Å². The summed E-state index contributed by atoms with van der Waals surface area (Å²) in [7, 11) is 0. The Hall–Kier alpha value is -1.37. The minimum Gasteiger partial charge on any atom is -0.295 e. The zero-order chi connectivity index (χ0) is 13.6. The second-order valence-electron chi connectivity index (χ2n) is 4.44. The molecule has 0 bridgehead atoms. The summed E-state index contributed by atoms with van der Waals surface area (Å²) in [5.41, 5.74) is 0.917. The summed E-state index contributed by atoms with van der Waals surface area (Å²) in [5, 5.41) is 0. The van der Waals surface area contributed by atoms with Crippen LogP contribution in [0, 0.1) is 0 Å². The maximum absolute atomic E-state index is 11.7. The topological polar surface area (TPSA) is 17.1 Å². The van der Waals surface area contributed by atoms with Gasteiger partial charge in [-0.3, -0.25) is 4.79 Å². The van der Waals surface area contributed by atoms with E-state index in [1.54, 1.807) is 6.08 Å². The van der Waals surface area contributed by atoms with Gasteiger partial charge in [-0.2, -0.15) is 0 Å². The maximum Gasteiger partial charge on any atom is 0.158 e. The van der Waals surface area contributed by atoms with Crippen molar-refractivity contribution in [2.24, 2.45) is 0 Å². The molecule has 1 nitrogen and oxygen atoms in total. The number of unbranched alkanes of at least 4 members (excludes halogenated alkanes) is 4. The Morgan fingerprint density at radius 1 is 1.06 bits per heavy atom. The van der Waals surface area contributed by atoms with Crippen LogP contribution >= 0.6 is 0 Å². The molecular formula is C17H26O. The van der Waals surface area contributed by atoms with Gasteiger partial charge in [0.05, 0.1) is 0 Å². The lowest BCUT2D eigenvalue weighted by Crippen LogP contribution is -1.99. The second kappa shape index (κ2) is 12.1. The molecule has 0 aliphatic carbocycles. The van der Waals surface area contributed by atoms with Gasteiger partial charge in [0.25, 0.3) is 0 Å². The van der Waals surface area contributed by atoms with E-state index < -0.39 is 0 Å². The molecule has 0 radical (unpaired) electrons. The molecule has 0 aliphatic rings. The van der Waals surface area contributed by atoms with Gasteiger partial charge in [0.15, 0.2) is 5.78 Å². The van der Waals surface area contributed by atoms with E-state index in [1.807, 2.05) is 19.1 Å². The van der Waals surface area contributed by atoms with Crippen molar-refractivity contribution in [1.82, 2.24) is 0 Å². The van der Waals surface area contributed by atoms with Gasteiger partial charge in [-0.25, -0.2) is 0 Å². The highest BCUT2D eigenvalue weighted by Gasteiger charge is 2.02. The number of hydrogen-bond donors (Lipinski definition) is 0. The average Bonchev–Trinajstić information content (AvgIpc) is 2.37. The molecule has 0 unspecified atom stereocenters. The molecule has 0 amide bonds. The molecule has 0 heterocycles. The summed E-state index contributed by atoms with van der Waals surface area (Å²) < 4.78 is 0. The maximum atomic E-state index is 11.7. The number of carbonyl (C=O) groups excluding carboxylic acids is 1. The summed E-state index contributed by atoms with van der Waals surface area (Å²) in [5.74, 6) is 0.281. The SMILES string of the molecule is C=C/C=C/CCCC/C=C(\C)C(=O)CCCC=C. The van der Waals surface area contributed by atoms with Crippen LogP contribution in [0.1, 0.15) is 51.9 Å². The molecule has 0 aromatic heterocycles. The first-order valence-corrected chi connectivity index (χ1v) is 6.80. The predicted octanol–water partition coefficient (Wildman–Crippen LogP) is 5.16. The summed E-state index contributed by atoms with van der Waals surface area (Å²) >= 11 is 0. The molecular weight excluding hydrogens is 220 g/mol. The lowest BCUT2D eigenvalue weighted by Gasteiger charge is -2.00. The quantitative estimate of drug-likeness (QED) is 0.213. The van der Waals surface area contributed by atoms with Crippen LogP contribution < -0.4 is 0 Å². The smallest absolute Gasteiger partial charge is 0.158 e. The third kappa shape index (κ3) is 9.83. The molecule has 100 valence electrons. The van der Waals surface area contributed by atoms with E-state index in [9.17, 15) is 4.79 Å². The summed E-state index contributed by atoms with van der Waals surface area (Å²) in [4.78, 5) is 11.7. The first kappa shape index (κ1) is 16.6. The fourth-order valence-electron chi connectivity index (χ4n) is 1.64. The first-order chi connectivity index (χ1) is 8.72. The molecule has 0 atom stereocenters. The molecule has 1 heteroatoms. The average molecular weight is 246 g/mol. The van der Waals surface area contributed by atoms with Crippen molar-refractivity contribution in [3.8, 4) is 0 Å². The van der Waals surface area contributed by atoms with E-state index in [4.69, 9.17) is 0 Å². The lowest BCUT2D eigenvalue weighted by atomic mass is 10.0. The van der Waals surface area contributed by atoms with E-state index in [1.165, 1.54) is 6.42 Å². The van der Waals surface area contributed by atoms with Crippen molar-refractivity contribution in [3.05, 3.63) is 49.1 Å². The van der Waals surface area contributed by atoms with Gasteiger partial charge in [0.1, 0.15) is 0 Å². The summed E-state index contributed by atoms with van der Waals surface area (Å²) in [6.45, 7) is 9.21. The van der Waals surface area contributed by atoms with Crippen molar-refractivity contribution in [3.63, 3.8) is 0 Å². The van der Waals surface area contributed by atoms with Gasteiger partial charge < -0.3 is 0 Å².